The summed E-state index contributed by atoms with van der Waals surface area (Å²) < 4.78 is 0. The van der Waals surface area contributed by atoms with E-state index < -0.39 is 0 Å². The first kappa shape index (κ1) is 12.5. The fraction of sp³-hybridized carbons (Fsp3) is 0.917. The molecule has 0 unspecified atom stereocenters. The first-order valence-electron chi connectivity index (χ1n) is 6.05. The largest absolute Gasteiger partial charge is 0.342 e. The monoisotopic (exact) mass is 212 g/mol. The third-order valence-electron chi connectivity index (χ3n) is 2.87. The summed E-state index contributed by atoms with van der Waals surface area (Å²) in [4.78, 5) is 13.7. The molecule has 0 aromatic heterocycles. The van der Waals surface area contributed by atoms with Gasteiger partial charge in [0.1, 0.15) is 0 Å². The van der Waals surface area contributed by atoms with Gasteiger partial charge in [-0.1, -0.05) is 27.7 Å². The van der Waals surface area contributed by atoms with E-state index in [4.69, 9.17) is 0 Å². The summed E-state index contributed by atoms with van der Waals surface area (Å²) in [6.07, 6.45) is 2.19. The van der Waals surface area contributed by atoms with Gasteiger partial charge in [-0.25, -0.2) is 0 Å². The minimum atomic E-state index is 0.139. The van der Waals surface area contributed by atoms with Crippen molar-refractivity contribution in [1.29, 1.82) is 0 Å². The summed E-state index contributed by atoms with van der Waals surface area (Å²) >= 11 is 0. The Morgan fingerprint density at radius 2 is 1.73 bits per heavy atom. The molecule has 88 valence electrons. The fourth-order valence-corrected chi connectivity index (χ4v) is 2.10. The summed E-state index contributed by atoms with van der Waals surface area (Å²) in [6, 6.07) is 1.14. The van der Waals surface area contributed by atoms with E-state index >= 15 is 0 Å². The first-order valence-corrected chi connectivity index (χ1v) is 6.05. The highest BCUT2D eigenvalue weighted by molar-refractivity contribution is 5.78. The normalized spacial score (nSPS) is 18.9. The minimum Gasteiger partial charge on any atom is -0.342 e. The van der Waals surface area contributed by atoms with Gasteiger partial charge in [0.05, 0.1) is 0 Å². The van der Waals surface area contributed by atoms with Crippen LogP contribution < -0.4 is 5.32 Å². The fourth-order valence-electron chi connectivity index (χ4n) is 2.10. The number of rotatable bonds is 3. The van der Waals surface area contributed by atoms with Crippen molar-refractivity contribution >= 4 is 5.91 Å². The van der Waals surface area contributed by atoms with E-state index in [2.05, 4.69) is 19.2 Å². The predicted octanol–water partition coefficient (Wildman–Crippen LogP) is 1.63. The van der Waals surface area contributed by atoms with Gasteiger partial charge in [-0.3, -0.25) is 4.79 Å². The van der Waals surface area contributed by atoms with Gasteiger partial charge in [-0.05, 0) is 12.8 Å². The molecule has 0 aliphatic carbocycles. The molecule has 0 saturated carbocycles. The quantitative estimate of drug-likeness (QED) is 0.771. The van der Waals surface area contributed by atoms with Gasteiger partial charge in [0.25, 0.3) is 0 Å². The van der Waals surface area contributed by atoms with Crippen LogP contribution in [0.15, 0.2) is 0 Å². The molecule has 1 rings (SSSR count). The van der Waals surface area contributed by atoms with E-state index in [0.29, 0.717) is 18.0 Å². The molecule has 0 bridgehead atoms. The van der Waals surface area contributed by atoms with Gasteiger partial charge in [0.15, 0.2) is 0 Å². The van der Waals surface area contributed by atoms with E-state index in [1.165, 1.54) is 0 Å². The van der Waals surface area contributed by atoms with E-state index in [1.807, 2.05) is 18.7 Å². The van der Waals surface area contributed by atoms with Crippen LogP contribution in [0.2, 0.25) is 0 Å². The van der Waals surface area contributed by atoms with Crippen molar-refractivity contribution in [3.8, 4) is 0 Å². The lowest BCUT2D eigenvalue weighted by atomic mass is 10.0. The summed E-state index contributed by atoms with van der Waals surface area (Å²) in [5, 5.41) is 3.53. The lowest BCUT2D eigenvalue weighted by Crippen LogP contribution is -2.47. The van der Waals surface area contributed by atoms with Gasteiger partial charge in [-0.15, -0.1) is 0 Å². The maximum absolute atomic E-state index is 11.7. The Kier molecular flexibility index (Phi) is 4.58. The van der Waals surface area contributed by atoms with Crippen molar-refractivity contribution in [2.75, 3.05) is 13.1 Å². The Morgan fingerprint density at radius 1 is 1.20 bits per heavy atom. The van der Waals surface area contributed by atoms with Crippen LogP contribution in [0.5, 0.6) is 0 Å². The average molecular weight is 212 g/mol. The Hall–Kier alpha value is -0.570. The molecule has 0 radical (unpaired) electrons. The molecular weight excluding hydrogens is 188 g/mol. The molecule has 1 saturated heterocycles. The van der Waals surface area contributed by atoms with Crippen LogP contribution in [-0.4, -0.2) is 36.0 Å². The first-order chi connectivity index (χ1) is 7.00. The van der Waals surface area contributed by atoms with E-state index in [0.717, 1.165) is 25.9 Å². The topological polar surface area (TPSA) is 32.3 Å². The van der Waals surface area contributed by atoms with Gasteiger partial charge >= 0.3 is 0 Å². The van der Waals surface area contributed by atoms with Gasteiger partial charge in [0, 0.05) is 31.1 Å². The van der Waals surface area contributed by atoms with Crippen LogP contribution in [0.1, 0.15) is 40.5 Å². The van der Waals surface area contributed by atoms with Crippen LogP contribution in [0.4, 0.5) is 0 Å². The number of amides is 1. The number of nitrogens with zero attached hydrogens (tertiary/aromatic N) is 1. The Balaban J connectivity index is 2.32. The molecule has 15 heavy (non-hydrogen) atoms. The SMILES string of the molecule is CC(C)NC1CCN(C(=O)C(C)C)CC1. The molecule has 1 N–H and O–H groups in total. The van der Waals surface area contributed by atoms with Crippen molar-refractivity contribution in [2.45, 2.75) is 52.6 Å². The van der Waals surface area contributed by atoms with Crippen molar-refractivity contribution < 1.29 is 4.79 Å². The maximum Gasteiger partial charge on any atom is 0.225 e. The molecule has 1 aliphatic heterocycles. The van der Waals surface area contributed by atoms with Gasteiger partial charge in [-0.2, -0.15) is 0 Å². The smallest absolute Gasteiger partial charge is 0.225 e. The van der Waals surface area contributed by atoms with Crippen molar-refractivity contribution in [1.82, 2.24) is 10.2 Å². The van der Waals surface area contributed by atoms with Crippen LogP contribution in [0, 0.1) is 5.92 Å². The Labute approximate surface area is 93.2 Å². The van der Waals surface area contributed by atoms with E-state index in [9.17, 15) is 4.79 Å². The molecule has 0 aromatic carbocycles. The van der Waals surface area contributed by atoms with Crippen LogP contribution in [0.25, 0.3) is 0 Å². The summed E-state index contributed by atoms with van der Waals surface area (Å²) in [5.74, 6) is 0.442. The number of carbonyl (C=O) groups excluding carboxylic acids is 1. The van der Waals surface area contributed by atoms with Crippen molar-refractivity contribution in [2.24, 2.45) is 5.92 Å². The average Bonchev–Trinajstić information content (AvgIpc) is 2.17. The number of piperidine rings is 1. The number of likely N-dealkylation sites (tertiary alicyclic amines) is 1. The molecule has 1 amide bonds. The van der Waals surface area contributed by atoms with Gasteiger partial charge < -0.3 is 10.2 Å². The van der Waals surface area contributed by atoms with Crippen molar-refractivity contribution in [3.05, 3.63) is 0 Å². The zero-order valence-electron chi connectivity index (χ0n) is 10.4. The number of nitrogens with one attached hydrogen (secondary N) is 1. The second-order valence-corrected chi connectivity index (χ2v) is 5.08. The van der Waals surface area contributed by atoms with Gasteiger partial charge in [0.2, 0.25) is 5.91 Å². The molecular formula is C12H24N2O. The van der Waals surface area contributed by atoms with E-state index in [1.54, 1.807) is 0 Å². The molecule has 0 aromatic rings. The standard InChI is InChI=1S/C12H24N2O/c1-9(2)12(15)14-7-5-11(6-8-14)13-10(3)4/h9-11,13H,5-8H2,1-4H3. The second-order valence-electron chi connectivity index (χ2n) is 5.08. The molecule has 1 aliphatic rings. The number of hydrogen-bond acceptors (Lipinski definition) is 2. The summed E-state index contributed by atoms with van der Waals surface area (Å²) in [5.41, 5.74) is 0. The van der Waals surface area contributed by atoms with Crippen LogP contribution in [0.3, 0.4) is 0 Å². The Morgan fingerprint density at radius 3 is 2.13 bits per heavy atom. The second kappa shape index (κ2) is 5.50. The van der Waals surface area contributed by atoms with Crippen molar-refractivity contribution in [3.63, 3.8) is 0 Å². The molecule has 3 heteroatoms. The minimum absolute atomic E-state index is 0.139. The molecule has 0 spiro atoms. The summed E-state index contributed by atoms with van der Waals surface area (Å²) in [7, 11) is 0. The Bertz CT molecular complexity index is 206. The zero-order valence-corrected chi connectivity index (χ0v) is 10.4. The number of carbonyl (C=O) groups is 1. The molecule has 1 heterocycles. The lowest BCUT2D eigenvalue weighted by molar-refractivity contribution is -0.135. The third-order valence-corrected chi connectivity index (χ3v) is 2.87. The van der Waals surface area contributed by atoms with Crippen LogP contribution in [-0.2, 0) is 4.79 Å². The molecule has 1 fully saturated rings. The highest BCUT2D eigenvalue weighted by Crippen LogP contribution is 2.13. The third kappa shape index (κ3) is 3.82. The lowest BCUT2D eigenvalue weighted by Gasteiger charge is -2.34. The number of hydrogen-bond donors (Lipinski definition) is 1. The highest BCUT2D eigenvalue weighted by atomic mass is 16.2. The molecule has 3 nitrogen and oxygen atoms in total. The molecule has 0 atom stereocenters. The predicted molar refractivity (Wildman–Crippen MR) is 62.7 cm³/mol. The van der Waals surface area contributed by atoms with E-state index in [-0.39, 0.29) is 5.92 Å². The zero-order chi connectivity index (χ0) is 11.4. The van der Waals surface area contributed by atoms with Crippen LogP contribution >= 0.6 is 0 Å². The summed E-state index contributed by atoms with van der Waals surface area (Å²) in [6.45, 7) is 10.1. The maximum atomic E-state index is 11.7. The highest BCUT2D eigenvalue weighted by Gasteiger charge is 2.24.